The smallest absolute Gasteiger partial charge is 0.237 e. The van der Waals surface area contributed by atoms with Crippen LogP contribution in [0.1, 0.15) is 33.1 Å². The Morgan fingerprint density at radius 1 is 1.50 bits per heavy atom. The standard InChI is InChI=1S/C12H24N2O2/c1-9(2)11(8-16-3)14-12(15)10-6-4-5-7-13-10/h9-11,13H,4-8H2,1-3H3,(H,14,15). The van der Waals surface area contributed by atoms with Crippen LogP contribution in [0.4, 0.5) is 0 Å². The number of rotatable bonds is 5. The lowest BCUT2D eigenvalue weighted by molar-refractivity contribution is -0.125. The summed E-state index contributed by atoms with van der Waals surface area (Å²) >= 11 is 0. The van der Waals surface area contributed by atoms with Crippen molar-refractivity contribution in [1.82, 2.24) is 10.6 Å². The predicted octanol–water partition coefficient (Wildman–Crippen LogP) is 0.916. The molecule has 94 valence electrons. The molecule has 2 unspecified atom stereocenters. The Morgan fingerprint density at radius 3 is 2.75 bits per heavy atom. The highest BCUT2D eigenvalue weighted by atomic mass is 16.5. The van der Waals surface area contributed by atoms with Crippen LogP contribution >= 0.6 is 0 Å². The fourth-order valence-corrected chi connectivity index (χ4v) is 1.94. The number of ether oxygens (including phenoxy) is 1. The lowest BCUT2D eigenvalue weighted by Crippen LogP contribution is -2.51. The lowest BCUT2D eigenvalue weighted by Gasteiger charge is -2.27. The molecule has 1 amide bonds. The van der Waals surface area contributed by atoms with Crippen molar-refractivity contribution in [3.63, 3.8) is 0 Å². The van der Waals surface area contributed by atoms with Gasteiger partial charge in [0.25, 0.3) is 0 Å². The molecular weight excluding hydrogens is 204 g/mol. The lowest BCUT2D eigenvalue weighted by atomic mass is 10.0. The van der Waals surface area contributed by atoms with Crippen LogP contribution in [0.25, 0.3) is 0 Å². The highest BCUT2D eigenvalue weighted by molar-refractivity contribution is 5.82. The molecule has 4 nitrogen and oxygen atoms in total. The van der Waals surface area contributed by atoms with E-state index in [0.29, 0.717) is 12.5 Å². The highest BCUT2D eigenvalue weighted by Crippen LogP contribution is 2.08. The molecule has 0 aromatic carbocycles. The van der Waals surface area contributed by atoms with Crippen LogP contribution in [0.5, 0.6) is 0 Å². The number of hydrogen-bond donors (Lipinski definition) is 2. The largest absolute Gasteiger partial charge is 0.383 e. The Hall–Kier alpha value is -0.610. The van der Waals surface area contributed by atoms with E-state index in [1.165, 1.54) is 6.42 Å². The number of carbonyl (C=O) groups excluding carboxylic acids is 1. The zero-order valence-electron chi connectivity index (χ0n) is 10.6. The summed E-state index contributed by atoms with van der Waals surface area (Å²) in [5.41, 5.74) is 0. The second-order valence-corrected chi connectivity index (χ2v) is 4.82. The Bertz CT molecular complexity index is 213. The molecule has 4 heteroatoms. The van der Waals surface area contributed by atoms with Crippen molar-refractivity contribution < 1.29 is 9.53 Å². The van der Waals surface area contributed by atoms with Gasteiger partial charge in [0.1, 0.15) is 0 Å². The Labute approximate surface area is 98.1 Å². The van der Waals surface area contributed by atoms with Gasteiger partial charge in [-0.25, -0.2) is 0 Å². The molecule has 1 aliphatic rings. The van der Waals surface area contributed by atoms with Crippen molar-refractivity contribution in [3.05, 3.63) is 0 Å². The van der Waals surface area contributed by atoms with E-state index in [9.17, 15) is 4.79 Å². The summed E-state index contributed by atoms with van der Waals surface area (Å²) in [5.74, 6) is 0.517. The summed E-state index contributed by atoms with van der Waals surface area (Å²) in [5, 5.41) is 6.31. The topological polar surface area (TPSA) is 50.4 Å². The van der Waals surface area contributed by atoms with Crippen molar-refractivity contribution in [2.45, 2.75) is 45.2 Å². The van der Waals surface area contributed by atoms with Crippen molar-refractivity contribution in [3.8, 4) is 0 Å². The number of carbonyl (C=O) groups is 1. The molecule has 0 aliphatic carbocycles. The molecular formula is C12H24N2O2. The number of methoxy groups -OCH3 is 1. The summed E-state index contributed by atoms with van der Waals surface area (Å²) in [4.78, 5) is 12.0. The minimum atomic E-state index is -0.00754. The monoisotopic (exact) mass is 228 g/mol. The van der Waals surface area contributed by atoms with Gasteiger partial charge < -0.3 is 15.4 Å². The third-order valence-electron chi connectivity index (χ3n) is 3.11. The van der Waals surface area contributed by atoms with Gasteiger partial charge in [-0.05, 0) is 25.3 Å². The molecule has 2 N–H and O–H groups in total. The quantitative estimate of drug-likeness (QED) is 0.735. The first kappa shape index (κ1) is 13.5. The normalized spacial score (nSPS) is 23.1. The van der Waals surface area contributed by atoms with Crippen molar-refractivity contribution in [2.75, 3.05) is 20.3 Å². The molecule has 0 saturated carbocycles. The molecule has 1 saturated heterocycles. The second-order valence-electron chi connectivity index (χ2n) is 4.82. The van der Waals surface area contributed by atoms with E-state index in [-0.39, 0.29) is 18.0 Å². The molecule has 16 heavy (non-hydrogen) atoms. The molecule has 0 aromatic heterocycles. The highest BCUT2D eigenvalue weighted by Gasteiger charge is 2.23. The van der Waals surface area contributed by atoms with E-state index in [1.807, 2.05) is 0 Å². The fraction of sp³-hybridized carbons (Fsp3) is 0.917. The van der Waals surface area contributed by atoms with Gasteiger partial charge in [-0.2, -0.15) is 0 Å². The molecule has 0 spiro atoms. The van der Waals surface area contributed by atoms with Crippen LogP contribution in [-0.4, -0.2) is 38.3 Å². The molecule has 1 heterocycles. The van der Waals surface area contributed by atoms with Gasteiger partial charge in [0.05, 0.1) is 18.7 Å². The van der Waals surface area contributed by atoms with E-state index in [1.54, 1.807) is 7.11 Å². The van der Waals surface area contributed by atoms with Crippen LogP contribution in [0.3, 0.4) is 0 Å². The molecule has 0 bridgehead atoms. The number of amides is 1. The van der Waals surface area contributed by atoms with E-state index in [4.69, 9.17) is 4.74 Å². The third kappa shape index (κ3) is 4.10. The van der Waals surface area contributed by atoms with E-state index >= 15 is 0 Å². The Kier molecular flexibility index (Phi) is 5.77. The number of nitrogens with one attached hydrogen (secondary N) is 2. The van der Waals surface area contributed by atoms with Crippen LogP contribution in [0, 0.1) is 5.92 Å². The van der Waals surface area contributed by atoms with Crippen molar-refractivity contribution in [1.29, 1.82) is 0 Å². The maximum atomic E-state index is 12.0. The van der Waals surface area contributed by atoms with E-state index < -0.39 is 0 Å². The van der Waals surface area contributed by atoms with Crippen molar-refractivity contribution >= 4 is 5.91 Å². The summed E-state index contributed by atoms with van der Waals surface area (Å²) in [6, 6.07) is 0.105. The van der Waals surface area contributed by atoms with Crippen LogP contribution < -0.4 is 10.6 Å². The summed E-state index contributed by atoms with van der Waals surface area (Å²) in [7, 11) is 1.67. The van der Waals surface area contributed by atoms with Gasteiger partial charge in [0.2, 0.25) is 5.91 Å². The van der Waals surface area contributed by atoms with Crippen LogP contribution in [0.2, 0.25) is 0 Å². The van der Waals surface area contributed by atoms with Gasteiger partial charge in [-0.15, -0.1) is 0 Å². The molecule has 1 aliphatic heterocycles. The van der Waals surface area contributed by atoms with E-state index in [0.717, 1.165) is 19.4 Å². The zero-order valence-corrected chi connectivity index (χ0v) is 10.6. The maximum absolute atomic E-state index is 12.0. The van der Waals surface area contributed by atoms with Crippen LogP contribution in [0.15, 0.2) is 0 Å². The Morgan fingerprint density at radius 2 is 2.25 bits per heavy atom. The van der Waals surface area contributed by atoms with Gasteiger partial charge >= 0.3 is 0 Å². The molecule has 0 radical (unpaired) electrons. The minimum Gasteiger partial charge on any atom is -0.383 e. The number of piperidine rings is 1. The van der Waals surface area contributed by atoms with Gasteiger partial charge in [0.15, 0.2) is 0 Å². The van der Waals surface area contributed by atoms with Crippen LogP contribution in [-0.2, 0) is 9.53 Å². The third-order valence-corrected chi connectivity index (χ3v) is 3.11. The summed E-state index contributed by atoms with van der Waals surface area (Å²) in [6.45, 7) is 5.72. The first-order valence-electron chi connectivity index (χ1n) is 6.18. The predicted molar refractivity (Wildman–Crippen MR) is 64.3 cm³/mol. The Balaban J connectivity index is 2.40. The zero-order chi connectivity index (χ0) is 12.0. The summed E-state index contributed by atoms with van der Waals surface area (Å²) in [6.07, 6.45) is 3.26. The van der Waals surface area contributed by atoms with Gasteiger partial charge in [-0.3, -0.25) is 4.79 Å². The van der Waals surface area contributed by atoms with E-state index in [2.05, 4.69) is 24.5 Å². The molecule has 1 fully saturated rings. The second kappa shape index (κ2) is 6.86. The summed E-state index contributed by atoms with van der Waals surface area (Å²) < 4.78 is 5.12. The van der Waals surface area contributed by atoms with Crippen molar-refractivity contribution in [2.24, 2.45) is 5.92 Å². The van der Waals surface area contributed by atoms with Gasteiger partial charge in [-0.1, -0.05) is 20.3 Å². The molecule has 1 rings (SSSR count). The first-order valence-corrected chi connectivity index (χ1v) is 6.18. The molecule has 2 atom stereocenters. The minimum absolute atomic E-state index is 0.00754. The van der Waals surface area contributed by atoms with Gasteiger partial charge in [0, 0.05) is 7.11 Å². The molecule has 0 aromatic rings. The number of hydrogen-bond acceptors (Lipinski definition) is 3. The SMILES string of the molecule is COCC(NC(=O)C1CCCCN1)C(C)C. The average Bonchev–Trinajstić information content (AvgIpc) is 2.29. The first-order chi connectivity index (χ1) is 7.65. The maximum Gasteiger partial charge on any atom is 0.237 e. The fourth-order valence-electron chi connectivity index (χ4n) is 1.94. The average molecular weight is 228 g/mol.